The van der Waals surface area contributed by atoms with Gasteiger partial charge in [0.2, 0.25) is 0 Å². The highest BCUT2D eigenvalue weighted by Crippen LogP contribution is 2.28. The molecule has 2 aromatic rings. The monoisotopic (exact) mass is 415 g/mol. The number of ether oxygens (including phenoxy) is 2. The maximum absolute atomic E-state index is 12.5. The van der Waals surface area contributed by atoms with Crippen LogP contribution in [0.4, 0.5) is 0 Å². The number of methoxy groups -OCH3 is 1. The molecule has 0 atom stereocenters. The van der Waals surface area contributed by atoms with E-state index in [-0.39, 0.29) is 18.2 Å². The van der Waals surface area contributed by atoms with Crippen molar-refractivity contribution in [3.05, 3.63) is 64.7 Å². The summed E-state index contributed by atoms with van der Waals surface area (Å²) in [6.45, 7) is 7.92. The molecule has 5 heteroatoms. The second kappa shape index (κ2) is 11.0. The van der Waals surface area contributed by atoms with E-state index in [2.05, 4.69) is 11.0 Å². The Labute approximate surface area is 179 Å². The Morgan fingerprint density at radius 1 is 1.03 bits per heavy atom. The first kappa shape index (κ1) is 23.0. The van der Waals surface area contributed by atoms with Crippen molar-refractivity contribution in [2.45, 2.75) is 26.7 Å². The van der Waals surface area contributed by atoms with Crippen LogP contribution in [-0.2, 0) is 0 Å². The first-order valence-electron chi connectivity index (χ1n) is 9.89. The van der Waals surface area contributed by atoms with Gasteiger partial charge in [-0.2, -0.15) is 0 Å². The normalized spacial score (nSPS) is 14.0. The van der Waals surface area contributed by atoms with Crippen LogP contribution in [0.15, 0.2) is 42.5 Å². The summed E-state index contributed by atoms with van der Waals surface area (Å²) >= 11 is 0. The molecule has 1 saturated heterocycles. The van der Waals surface area contributed by atoms with E-state index in [0.29, 0.717) is 17.9 Å². The number of hydrogen-bond acceptors (Lipinski definition) is 4. The summed E-state index contributed by atoms with van der Waals surface area (Å²) in [6, 6.07) is 11.6. The third kappa shape index (κ3) is 6.62. The van der Waals surface area contributed by atoms with Crippen LogP contribution < -0.4 is 9.47 Å². The number of likely N-dealkylation sites (tertiary alicyclic amines) is 1. The summed E-state index contributed by atoms with van der Waals surface area (Å²) in [5.41, 5.74) is 3.80. The number of nitrogens with zero attached hydrogens (tertiary/aromatic N) is 1. The third-order valence-corrected chi connectivity index (χ3v) is 4.98. The van der Waals surface area contributed by atoms with Gasteiger partial charge in [0, 0.05) is 12.1 Å². The zero-order valence-corrected chi connectivity index (χ0v) is 18.3. The summed E-state index contributed by atoms with van der Waals surface area (Å²) in [5.74, 6) is 1.42. The SMILES string of the molecule is COc1cc(C=CC(=O)c2cc(C)cc(C)c2)ccc1OCCN1CCCC1.Cl. The van der Waals surface area contributed by atoms with Gasteiger partial charge in [-0.25, -0.2) is 0 Å². The standard InChI is InChI=1S/C24H29NO3.ClH/c1-18-14-19(2)16-21(15-18)22(26)8-6-20-7-9-23(24(17-20)27-3)28-13-12-25-10-4-5-11-25;/h6-9,14-17H,4-5,10-13H2,1-3H3;1H. The number of allylic oxidation sites excluding steroid dienone is 1. The molecular weight excluding hydrogens is 386 g/mol. The zero-order chi connectivity index (χ0) is 19.9. The van der Waals surface area contributed by atoms with Crippen LogP contribution in [0, 0.1) is 13.8 Å². The third-order valence-electron chi connectivity index (χ3n) is 4.98. The van der Waals surface area contributed by atoms with E-state index in [9.17, 15) is 4.79 Å². The lowest BCUT2D eigenvalue weighted by Gasteiger charge is -2.16. The maximum Gasteiger partial charge on any atom is 0.185 e. The summed E-state index contributed by atoms with van der Waals surface area (Å²) < 4.78 is 11.4. The number of aryl methyl sites for hydroxylation is 2. The van der Waals surface area contributed by atoms with E-state index >= 15 is 0 Å². The van der Waals surface area contributed by atoms with Gasteiger partial charge in [-0.05, 0) is 75.7 Å². The topological polar surface area (TPSA) is 38.8 Å². The zero-order valence-electron chi connectivity index (χ0n) is 17.4. The van der Waals surface area contributed by atoms with Crippen molar-refractivity contribution < 1.29 is 14.3 Å². The molecule has 0 bridgehead atoms. The Bertz CT molecular complexity index is 837. The molecule has 1 fully saturated rings. The predicted molar refractivity (Wildman–Crippen MR) is 121 cm³/mol. The van der Waals surface area contributed by atoms with Gasteiger partial charge in [-0.15, -0.1) is 12.4 Å². The number of carbonyl (C=O) groups excluding carboxylic acids is 1. The number of carbonyl (C=O) groups is 1. The van der Waals surface area contributed by atoms with Crippen molar-refractivity contribution in [1.29, 1.82) is 0 Å². The molecule has 29 heavy (non-hydrogen) atoms. The molecule has 3 rings (SSSR count). The average Bonchev–Trinajstić information content (AvgIpc) is 3.19. The van der Waals surface area contributed by atoms with E-state index < -0.39 is 0 Å². The largest absolute Gasteiger partial charge is 0.493 e. The van der Waals surface area contributed by atoms with Crippen molar-refractivity contribution in [3.8, 4) is 11.5 Å². The van der Waals surface area contributed by atoms with Crippen LogP contribution in [0.2, 0.25) is 0 Å². The quantitative estimate of drug-likeness (QED) is 0.444. The fraction of sp³-hybridized carbons (Fsp3) is 0.375. The van der Waals surface area contributed by atoms with Gasteiger partial charge in [-0.3, -0.25) is 9.69 Å². The van der Waals surface area contributed by atoms with Gasteiger partial charge < -0.3 is 9.47 Å². The van der Waals surface area contributed by atoms with Crippen molar-refractivity contribution in [2.24, 2.45) is 0 Å². The van der Waals surface area contributed by atoms with Crippen LogP contribution in [0.3, 0.4) is 0 Å². The number of ketones is 1. The van der Waals surface area contributed by atoms with Crippen molar-refractivity contribution >= 4 is 24.3 Å². The van der Waals surface area contributed by atoms with E-state index in [1.54, 1.807) is 13.2 Å². The molecule has 156 valence electrons. The summed E-state index contributed by atoms with van der Waals surface area (Å²) in [4.78, 5) is 14.9. The highest BCUT2D eigenvalue weighted by Gasteiger charge is 2.12. The van der Waals surface area contributed by atoms with Gasteiger partial charge in [0.05, 0.1) is 7.11 Å². The minimum absolute atomic E-state index is 0. The first-order chi connectivity index (χ1) is 13.5. The molecule has 1 heterocycles. The van der Waals surface area contributed by atoms with Gasteiger partial charge in [0.15, 0.2) is 17.3 Å². The van der Waals surface area contributed by atoms with Gasteiger partial charge in [0.1, 0.15) is 6.61 Å². The van der Waals surface area contributed by atoms with E-state index in [1.807, 2.05) is 50.3 Å². The van der Waals surface area contributed by atoms with Crippen LogP contribution in [0.1, 0.15) is 39.9 Å². The molecule has 1 aliphatic rings. The van der Waals surface area contributed by atoms with Crippen molar-refractivity contribution in [1.82, 2.24) is 4.90 Å². The van der Waals surface area contributed by atoms with Crippen LogP contribution in [-0.4, -0.2) is 44.0 Å². The van der Waals surface area contributed by atoms with Gasteiger partial charge in [-0.1, -0.05) is 29.3 Å². The average molecular weight is 416 g/mol. The Balaban J connectivity index is 0.00000300. The Morgan fingerprint density at radius 3 is 2.38 bits per heavy atom. The summed E-state index contributed by atoms with van der Waals surface area (Å²) in [6.07, 6.45) is 5.99. The minimum atomic E-state index is -0.00305. The maximum atomic E-state index is 12.5. The fourth-order valence-corrected chi connectivity index (χ4v) is 3.58. The molecule has 0 saturated carbocycles. The van der Waals surface area contributed by atoms with Crippen LogP contribution >= 0.6 is 12.4 Å². The molecule has 0 spiro atoms. The number of halogens is 1. The van der Waals surface area contributed by atoms with Gasteiger partial charge in [0.25, 0.3) is 0 Å². The molecule has 0 radical (unpaired) electrons. The van der Waals surface area contributed by atoms with Crippen molar-refractivity contribution in [3.63, 3.8) is 0 Å². The Hall–Kier alpha value is -2.30. The molecule has 1 aliphatic heterocycles. The minimum Gasteiger partial charge on any atom is -0.493 e. The molecule has 0 aliphatic carbocycles. The second-order valence-corrected chi connectivity index (χ2v) is 7.38. The Morgan fingerprint density at radius 2 is 1.72 bits per heavy atom. The Kier molecular flexibility index (Phi) is 8.74. The van der Waals surface area contributed by atoms with E-state index in [4.69, 9.17) is 9.47 Å². The molecule has 2 aromatic carbocycles. The molecule has 0 N–H and O–H groups in total. The number of rotatable bonds is 8. The number of benzene rings is 2. The van der Waals surface area contributed by atoms with Crippen LogP contribution in [0.25, 0.3) is 6.08 Å². The molecule has 0 amide bonds. The molecule has 0 aromatic heterocycles. The smallest absolute Gasteiger partial charge is 0.185 e. The molecular formula is C24H30ClNO3. The first-order valence-corrected chi connectivity index (χ1v) is 9.89. The van der Waals surface area contributed by atoms with Crippen LogP contribution in [0.5, 0.6) is 11.5 Å². The summed E-state index contributed by atoms with van der Waals surface area (Å²) in [5, 5.41) is 0. The molecule has 0 unspecified atom stereocenters. The lowest BCUT2D eigenvalue weighted by Crippen LogP contribution is -2.25. The lowest BCUT2D eigenvalue weighted by molar-refractivity contribution is 0.104. The lowest BCUT2D eigenvalue weighted by atomic mass is 10.0. The van der Waals surface area contributed by atoms with E-state index in [1.165, 1.54) is 25.9 Å². The number of hydrogen-bond donors (Lipinski definition) is 0. The second-order valence-electron chi connectivity index (χ2n) is 7.38. The predicted octanol–water partition coefficient (Wildman–Crippen LogP) is 5.10. The van der Waals surface area contributed by atoms with Crippen molar-refractivity contribution in [2.75, 3.05) is 33.4 Å². The highest BCUT2D eigenvalue weighted by molar-refractivity contribution is 6.07. The highest BCUT2D eigenvalue weighted by atomic mass is 35.5. The summed E-state index contributed by atoms with van der Waals surface area (Å²) in [7, 11) is 1.64. The molecule has 4 nitrogen and oxygen atoms in total. The van der Waals surface area contributed by atoms with E-state index in [0.717, 1.165) is 29.0 Å². The van der Waals surface area contributed by atoms with Gasteiger partial charge >= 0.3 is 0 Å². The fourth-order valence-electron chi connectivity index (χ4n) is 3.58.